The van der Waals surface area contributed by atoms with Gasteiger partial charge in [0.15, 0.2) is 0 Å². The van der Waals surface area contributed by atoms with Crippen molar-refractivity contribution in [3.63, 3.8) is 0 Å². The highest BCUT2D eigenvalue weighted by Crippen LogP contribution is 2.20. The standard InChI is InChI=1S/C17H30N4/c1-13(2)18-11-16-10-15(5)17(19-12-16)21-8-6-20(7-9-21)14(3)4/h10,12-14,18H,6-9,11H2,1-5H3. The number of rotatable bonds is 5. The van der Waals surface area contributed by atoms with Crippen LogP contribution in [0.15, 0.2) is 12.3 Å². The molecule has 1 aromatic rings. The Kier molecular flexibility index (Phi) is 5.59. The van der Waals surface area contributed by atoms with Gasteiger partial charge in [-0.05, 0) is 38.0 Å². The molecule has 1 aliphatic heterocycles. The second-order valence-electron chi connectivity index (χ2n) is 6.64. The molecule has 0 spiro atoms. The van der Waals surface area contributed by atoms with Crippen LogP contribution < -0.4 is 10.2 Å². The third-order valence-corrected chi connectivity index (χ3v) is 4.17. The molecule has 0 aliphatic carbocycles. The lowest BCUT2D eigenvalue weighted by Crippen LogP contribution is -2.49. The molecule has 1 saturated heterocycles. The van der Waals surface area contributed by atoms with Gasteiger partial charge in [-0.1, -0.05) is 13.8 Å². The third kappa shape index (κ3) is 4.42. The van der Waals surface area contributed by atoms with Crippen LogP contribution in [0, 0.1) is 6.92 Å². The van der Waals surface area contributed by atoms with Crippen molar-refractivity contribution in [2.24, 2.45) is 0 Å². The highest BCUT2D eigenvalue weighted by atomic mass is 15.3. The number of aromatic nitrogens is 1. The summed E-state index contributed by atoms with van der Waals surface area (Å²) in [5.74, 6) is 1.16. The van der Waals surface area contributed by atoms with Crippen LogP contribution in [0.1, 0.15) is 38.8 Å². The number of pyridine rings is 1. The number of anilines is 1. The largest absolute Gasteiger partial charge is 0.354 e. The molecule has 118 valence electrons. The van der Waals surface area contributed by atoms with E-state index in [1.165, 1.54) is 11.1 Å². The van der Waals surface area contributed by atoms with E-state index in [0.29, 0.717) is 12.1 Å². The van der Waals surface area contributed by atoms with Gasteiger partial charge in [0.25, 0.3) is 0 Å². The average Bonchev–Trinajstić information content (AvgIpc) is 2.45. The molecule has 1 N–H and O–H groups in total. The van der Waals surface area contributed by atoms with Crippen LogP contribution in [0.3, 0.4) is 0 Å². The monoisotopic (exact) mass is 290 g/mol. The first-order chi connectivity index (χ1) is 9.97. The summed E-state index contributed by atoms with van der Waals surface area (Å²) < 4.78 is 0. The molecular formula is C17H30N4. The second-order valence-corrected chi connectivity index (χ2v) is 6.64. The van der Waals surface area contributed by atoms with Crippen LogP contribution in [0.4, 0.5) is 5.82 Å². The summed E-state index contributed by atoms with van der Waals surface area (Å²) in [6.45, 7) is 16.4. The molecule has 21 heavy (non-hydrogen) atoms. The molecule has 0 radical (unpaired) electrons. The summed E-state index contributed by atoms with van der Waals surface area (Å²) in [4.78, 5) is 9.68. The Labute approximate surface area is 129 Å². The normalized spacial score (nSPS) is 17.0. The molecule has 4 heteroatoms. The van der Waals surface area contributed by atoms with Gasteiger partial charge < -0.3 is 10.2 Å². The van der Waals surface area contributed by atoms with Gasteiger partial charge in [-0.15, -0.1) is 0 Å². The molecule has 1 aliphatic rings. The molecule has 1 aromatic heterocycles. The summed E-state index contributed by atoms with van der Waals surface area (Å²) in [6.07, 6.45) is 2.02. The summed E-state index contributed by atoms with van der Waals surface area (Å²) in [6, 6.07) is 3.42. The van der Waals surface area contributed by atoms with Crippen molar-refractivity contribution in [2.45, 2.75) is 53.2 Å². The van der Waals surface area contributed by atoms with E-state index >= 15 is 0 Å². The van der Waals surface area contributed by atoms with E-state index in [0.717, 1.165) is 38.5 Å². The van der Waals surface area contributed by atoms with Crippen molar-refractivity contribution < 1.29 is 0 Å². The number of hydrogen-bond donors (Lipinski definition) is 1. The van der Waals surface area contributed by atoms with Gasteiger partial charge in [0.05, 0.1) is 0 Å². The first kappa shape index (κ1) is 16.2. The Morgan fingerprint density at radius 2 is 1.81 bits per heavy atom. The zero-order valence-corrected chi connectivity index (χ0v) is 14.2. The van der Waals surface area contributed by atoms with Crippen LogP contribution in [-0.4, -0.2) is 48.1 Å². The van der Waals surface area contributed by atoms with Crippen LogP contribution in [-0.2, 0) is 6.54 Å². The van der Waals surface area contributed by atoms with Crippen LogP contribution in [0.5, 0.6) is 0 Å². The summed E-state index contributed by atoms with van der Waals surface area (Å²) in [5.41, 5.74) is 2.56. The minimum Gasteiger partial charge on any atom is -0.354 e. The van der Waals surface area contributed by atoms with Crippen LogP contribution in [0.2, 0.25) is 0 Å². The van der Waals surface area contributed by atoms with E-state index in [9.17, 15) is 0 Å². The zero-order valence-electron chi connectivity index (χ0n) is 14.2. The van der Waals surface area contributed by atoms with Crippen molar-refractivity contribution in [2.75, 3.05) is 31.1 Å². The molecule has 0 amide bonds. The first-order valence-electron chi connectivity index (χ1n) is 8.15. The van der Waals surface area contributed by atoms with Gasteiger partial charge in [0.2, 0.25) is 0 Å². The Balaban J connectivity index is 1.98. The number of piperazine rings is 1. The fourth-order valence-electron chi connectivity index (χ4n) is 2.83. The fourth-order valence-corrected chi connectivity index (χ4v) is 2.83. The van der Waals surface area contributed by atoms with Crippen molar-refractivity contribution >= 4 is 5.82 Å². The quantitative estimate of drug-likeness (QED) is 0.902. The Hall–Kier alpha value is -1.13. The number of nitrogens with one attached hydrogen (secondary N) is 1. The molecule has 4 nitrogen and oxygen atoms in total. The molecule has 0 saturated carbocycles. The molecule has 0 bridgehead atoms. The predicted octanol–water partition coefficient (Wildman–Crippen LogP) is 2.42. The Morgan fingerprint density at radius 3 is 2.33 bits per heavy atom. The van der Waals surface area contributed by atoms with E-state index in [4.69, 9.17) is 4.98 Å². The van der Waals surface area contributed by atoms with E-state index in [1.807, 2.05) is 6.20 Å². The summed E-state index contributed by atoms with van der Waals surface area (Å²) >= 11 is 0. The Bertz CT molecular complexity index is 448. The number of nitrogens with zero attached hydrogens (tertiary/aromatic N) is 3. The minimum absolute atomic E-state index is 0.508. The maximum absolute atomic E-state index is 4.72. The lowest BCUT2D eigenvalue weighted by Gasteiger charge is -2.38. The first-order valence-corrected chi connectivity index (χ1v) is 8.15. The van der Waals surface area contributed by atoms with Crippen molar-refractivity contribution in [1.82, 2.24) is 15.2 Å². The van der Waals surface area contributed by atoms with E-state index in [2.05, 4.69) is 55.8 Å². The SMILES string of the molecule is Cc1cc(CNC(C)C)cnc1N1CCN(C(C)C)CC1. The van der Waals surface area contributed by atoms with Gasteiger partial charge in [0, 0.05) is 51.0 Å². The van der Waals surface area contributed by atoms with Crippen LogP contribution >= 0.6 is 0 Å². The van der Waals surface area contributed by atoms with Crippen molar-refractivity contribution in [3.05, 3.63) is 23.4 Å². The minimum atomic E-state index is 0.508. The van der Waals surface area contributed by atoms with Gasteiger partial charge in [-0.2, -0.15) is 0 Å². The molecule has 0 unspecified atom stereocenters. The van der Waals surface area contributed by atoms with Crippen LogP contribution in [0.25, 0.3) is 0 Å². The number of aryl methyl sites for hydroxylation is 1. The number of hydrogen-bond acceptors (Lipinski definition) is 4. The highest BCUT2D eigenvalue weighted by Gasteiger charge is 2.20. The molecule has 0 aromatic carbocycles. The third-order valence-electron chi connectivity index (χ3n) is 4.17. The van der Waals surface area contributed by atoms with E-state index < -0.39 is 0 Å². The molecule has 2 heterocycles. The van der Waals surface area contributed by atoms with Gasteiger partial charge in [0.1, 0.15) is 5.82 Å². The maximum Gasteiger partial charge on any atom is 0.131 e. The summed E-state index contributed by atoms with van der Waals surface area (Å²) in [7, 11) is 0. The zero-order chi connectivity index (χ0) is 15.4. The average molecular weight is 290 g/mol. The molecular weight excluding hydrogens is 260 g/mol. The van der Waals surface area contributed by atoms with E-state index in [1.54, 1.807) is 0 Å². The molecule has 0 atom stereocenters. The van der Waals surface area contributed by atoms with Gasteiger partial charge in [-0.25, -0.2) is 4.98 Å². The van der Waals surface area contributed by atoms with Gasteiger partial charge >= 0.3 is 0 Å². The molecule has 1 fully saturated rings. The highest BCUT2D eigenvalue weighted by molar-refractivity contribution is 5.47. The predicted molar refractivity (Wildman–Crippen MR) is 89.9 cm³/mol. The second kappa shape index (κ2) is 7.23. The van der Waals surface area contributed by atoms with E-state index in [-0.39, 0.29) is 0 Å². The van der Waals surface area contributed by atoms with Crippen molar-refractivity contribution in [1.29, 1.82) is 0 Å². The maximum atomic E-state index is 4.72. The topological polar surface area (TPSA) is 31.4 Å². The fraction of sp³-hybridized carbons (Fsp3) is 0.706. The van der Waals surface area contributed by atoms with Gasteiger partial charge in [-0.3, -0.25) is 4.90 Å². The lowest BCUT2D eigenvalue weighted by molar-refractivity contribution is 0.209. The Morgan fingerprint density at radius 1 is 1.14 bits per heavy atom. The van der Waals surface area contributed by atoms with Crippen molar-refractivity contribution in [3.8, 4) is 0 Å². The lowest BCUT2D eigenvalue weighted by atomic mass is 10.1. The summed E-state index contributed by atoms with van der Waals surface area (Å²) in [5, 5.41) is 3.45. The smallest absolute Gasteiger partial charge is 0.131 e. The molecule has 2 rings (SSSR count).